The summed E-state index contributed by atoms with van der Waals surface area (Å²) in [6.45, 7) is 5.86. The van der Waals surface area contributed by atoms with Gasteiger partial charge in [0.25, 0.3) is 5.91 Å². The maximum absolute atomic E-state index is 12.3. The van der Waals surface area contributed by atoms with Gasteiger partial charge in [-0.3, -0.25) is 4.79 Å². The molecule has 0 fully saturated rings. The number of carbonyl (C=O) groups is 2. The number of methoxy groups -OCH3 is 1. The van der Waals surface area contributed by atoms with E-state index in [9.17, 15) is 9.59 Å². The predicted molar refractivity (Wildman–Crippen MR) is 113 cm³/mol. The molecule has 0 aliphatic heterocycles. The summed E-state index contributed by atoms with van der Waals surface area (Å²) in [6.07, 6.45) is 1.64. The second-order valence-electron chi connectivity index (χ2n) is 6.71. The number of nitrogens with zero attached hydrogens (tertiary/aromatic N) is 2. The molecule has 148 valence electrons. The van der Waals surface area contributed by atoms with Crippen molar-refractivity contribution in [1.29, 1.82) is 0 Å². The van der Waals surface area contributed by atoms with Crippen LogP contribution in [0.2, 0.25) is 0 Å². The first-order valence-corrected chi connectivity index (χ1v) is 9.19. The number of aryl methyl sites for hydroxylation is 2. The van der Waals surface area contributed by atoms with Gasteiger partial charge in [0.1, 0.15) is 0 Å². The summed E-state index contributed by atoms with van der Waals surface area (Å²) < 4.78 is 6.80. The second-order valence-corrected chi connectivity index (χ2v) is 6.71. The molecule has 0 saturated carbocycles. The Labute approximate surface area is 169 Å². The fourth-order valence-electron chi connectivity index (χ4n) is 3.23. The van der Waals surface area contributed by atoms with Crippen LogP contribution in [-0.4, -0.2) is 29.8 Å². The molecule has 6 nitrogen and oxygen atoms in total. The lowest BCUT2D eigenvalue weighted by Gasteiger charge is -2.10. The minimum Gasteiger partial charge on any atom is -0.465 e. The van der Waals surface area contributed by atoms with Crippen molar-refractivity contribution in [2.75, 3.05) is 7.11 Å². The molecule has 0 saturated heterocycles. The first kappa shape index (κ1) is 20.1. The van der Waals surface area contributed by atoms with Gasteiger partial charge in [-0.15, -0.1) is 0 Å². The van der Waals surface area contributed by atoms with Crippen LogP contribution in [0.4, 0.5) is 0 Å². The molecule has 1 aromatic heterocycles. The Kier molecular flexibility index (Phi) is 5.93. The van der Waals surface area contributed by atoms with E-state index in [2.05, 4.69) is 15.1 Å². The molecule has 0 spiro atoms. The SMILES string of the molecule is COC(=O)c1ccc(-n2c(C)cc(/C=N/NC(=O)c3ccccc3C)c2C)cc1. The van der Waals surface area contributed by atoms with E-state index < -0.39 is 0 Å². The number of esters is 1. The molecule has 1 N–H and O–H groups in total. The molecule has 0 radical (unpaired) electrons. The summed E-state index contributed by atoms with van der Waals surface area (Å²) in [4.78, 5) is 23.9. The molecule has 3 rings (SSSR count). The van der Waals surface area contributed by atoms with E-state index in [4.69, 9.17) is 4.74 Å². The minimum absolute atomic E-state index is 0.244. The van der Waals surface area contributed by atoms with E-state index >= 15 is 0 Å². The third kappa shape index (κ3) is 4.27. The highest BCUT2D eigenvalue weighted by Crippen LogP contribution is 2.20. The van der Waals surface area contributed by atoms with Gasteiger partial charge in [-0.1, -0.05) is 18.2 Å². The minimum atomic E-state index is -0.366. The highest BCUT2D eigenvalue weighted by atomic mass is 16.5. The summed E-state index contributed by atoms with van der Waals surface area (Å²) in [5.74, 6) is -0.610. The number of carbonyl (C=O) groups excluding carboxylic acids is 2. The van der Waals surface area contributed by atoms with Gasteiger partial charge in [0, 0.05) is 28.2 Å². The number of nitrogens with one attached hydrogen (secondary N) is 1. The van der Waals surface area contributed by atoms with Gasteiger partial charge in [0.15, 0.2) is 0 Å². The van der Waals surface area contributed by atoms with Crippen molar-refractivity contribution >= 4 is 18.1 Å². The molecule has 29 heavy (non-hydrogen) atoms. The Morgan fingerprint density at radius 2 is 1.72 bits per heavy atom. The first-order valence-electron chi connectivity index (χ1n) is 9.19. The molecule has 0 unspecified atom stereocenters. The fourth-order valence-corrected chi connectivity index (χ4v) is 3.23. The van der Waals surface area contributed by atoms with Crippen LogP contribution in [0, 0.1) is 20.8 Å². The van der Waals surface area contributed by atoms with Gasteiger partial charge in [0.05, 0.1) is 18.9 Å². The number of rotatable bonds is 5. The Morgan fingerprint density at radius 1 is 1.03 bits per heavy atom. The fraction of sp³-hybridized carbons (Fsp3) is 0.174. The summed E-state index contributed by atoms with van der Waals surface area (Å²) in [5, 5.41) is 4.12. The van der Waals surface area contributed by atoms with Crippen molar-refractivity contribution in [3.63, 3.8) is 0 Å². The lowest BCUT2D eigenvalue weighted by atomic mass is 10.1. The van der Waals surface area contributed by atoms with Gasteiger partial charge < -0.3 is 9.30 Å². The Bertz CT molecular complexity index is 1080. The molecule has 0 aliphatic rings. The Balaban J connectivity index is 1.79. The van der Waals surface area contributed by atoms with E-state index in [1.54, 1.807) is 24.4 Å². The molecule has 6 heteroatoms. The van der Waals surface area contributed by atoms with Crippen molar-refractivity contribution in [3.8, 4) is 5.69 Å². The van der Waals surface area contributed by atoms with Crippen molar-refractivity contribution < 1.29 is 14.3 Å². The van der Waals surface area contributed by atoms with Crippen LogP contribution >= 0.6 is 0 Å². The normalized spacial score (nSPS) is 10.9. The largest absolute Gasteiger partial charge is 0.465 e. The van der Waals surface area contributed by atoms with Crippen molar-refractivity contribution in [2.45, 2.75) is 20.8 Å². The van der Waals surface area contributed by atoms with Crippen LogP contribution in [0.1, 0.15) is 43.2 Å². The summed E-state index contributed by atoms with van der Waals surface area (Å²) in [5.41, 5.74) is 8.38. The van der Waals surface area contributed by atoms with Crippen molar-refractivity contribution in [3.05, 3.63) is 88.2 Å². The number of hydrazone groups is 1. The van der Waals surface area contributed by atoms with Crippen LogP contribution in [-0.2, 0) is 4.74 Å². The highest BCUT2D eigenvalue weighted by Gasteiger charge is 2.11. The maximum Gasteiger partial charge on any atom is 0.337 e. The van der Waals surface area contributed by atoms with Crippen LogP contribution in [0.25, 0.3) is 5.69 Å². The van der Waals surface area contributed by atoms with Gasteiger partial charge in [0.2, 0.25) is 0 Å². The first-order chi connectivity index (χ1) is 13.9. The monoisotopic (exact) mass is 389 g/mol. The number of aromatic nitrogens is 1. The van der Waals surface area contributed by atoms with Gasteiger partial charge in [-0.05, 0) is 62.7 Å². The summed E-state index contributed by atoms with van der Waals surface area (Å²) in [7, 11) is 1.36. The molecular weight excluding hydrogens is 366 g/mol. The smallest absolute Gasteiger partial charge is 0.337 e. The standard InChI is InChI=1S/C23H23N3O3/c1-15-7-5-6-8-21(15)22(27)25-24-14-19-13-16(2)26(17(19)3)20-11-9-18(10-12-20)23(28)29-4/h5-14H,1-4H3,(H,25,27)/b24-14+. The molecule has 1 heterocycles. The predicted octanol–water partition coefficient (Wildman–Crippen LogP) is 3.95. The maximum atomic E-state index is 12.3. The van der Waals surface area contributed by atoms with Crippen molar-refractivity contribution in [1.82, 2.24) is 9.99 Å². The molecular formula is C23H23N3O3. The van der Waals surface area contributed by atoms with Gasteiger partial charge >= 0.3 is 5.97 Å². The lowest BCUT2D eigenvalue weighted by Crippen LogP contribution is -2.18. The van der Waals surface area contributed by atoms with Gasteiger partial charge in [-0.25, -0.2) is 10.2 Å². The van der Waals surface area contributed by atoms with E-state index in [1.165, 1.54) is 7.11 Å². The molecule has 2 aromatic carbocycles. The quantitative estimate of drug-likeness (QED) is 0.408. The average molecular weight is 389 g/mol. The van der Waals surface area contributed by atoms with E-state index in [-0.39, 0.29) is 11.9 Å². The topological polar surface area (TPSA) is 72.7 Å². The molecule has 1 amide bonds. The Hall–Kier alpha value is -3.67. The van der Waals surface area contributed by atoms with E-state index in [0.29, 0.717) is 11.1 Å². The Morgan fingerprint density at radius 3 is 2.38 bits per heavy atom. The van der Waals surface area contributed by atoms with E-state index in [1.807, 2.05) is 57.2 Å². The van der Waals surface area contributed by atoms with Crippen LogP contribution in [0.15, 0.2) is 59.7 Å². The zero-order valence-electron chi connectivity index (χ0n) is 16.9. The van der Waals surface area contributed by atoms with Crippen LogP contribution in [0.3, 0.4) is 0 Å². The zero-order chi connectivity index (χ0) is 21.0. The number of hydrogen-bond acceptors (Lipinski definition) is 4. The third-order valence-electron chi connectivity index (χ3n) is 4.78. The number of hydrogen-bond donors (Lipinski definition) is 1. The van der Waals surface area contributed by atoms with Crippen LogP contribution in [0.5, 0.6) is 0 Å². The number of amides is 1. The van der Waals surface area contributed by atoms with Gasteiger partial charge in [-0.2, -0.15) is 5.10 Å². The van der Waals surface area contributed by atoms with Crippen molar-refractivity contribution in [2.24, 2.45) is 5.10 Å². The summed E-state index contributed by atoms with van der Waals surface area (Å²) >= 11 is 0. The molecule has 0 aliphatic carbocycles. The van der Waals surface area contributed by atoms with Crippen LogP contribution < -0.4 is 5.43 Å². The lowest BCUT2D eigenvalue weighted by molar-refractivity contribution is 0.0600. The highest BCUT2D eigenvalue weighted by molar-refractivity contribution is 5.96. The molecule has 3 aromatic rings. The summed E-state index contributed by atoms with van der Waals surface area (Å²) in [6, 6.07) is 16.6. The molecule has 0 atom stereocenters. The second kappa shape index (κ2) is 8.56. The molecule has 0 bridgehead atoms. The number of ether oxygens (including phenoxy) is 1. The zero-order valence-corrected chi connectivity index (χ0v) is 16.9. The average Bonchev–Trinajstić information content (AvgIpc) is 3.01. The number of benzene rings is 2. The van der Waals surface area contributed by atoms with E-state index in [0.717, 1.165) is 28.2 Å². The third-order valence-corrected chi connectivity index (χ3v) is 4.78.